The number of aromatic nitrogens is 1. The van der Waals surface area contributed by atoms with Gasteiger partial charge in [0.2, 0.25) is 5.91 Å². The average molecular weight is 588 g/mol. The lowest BCUT2D eigenvalue weighted by Crippen LogP contribution is -2.57. The number of carbonyl (C=O) groups is 2. The summed E-state index contributed by atoms with van der Waals surface area (Å²) in [6.45, 7) is 11.7. The Morgan fingerprint density at radius 3 is 2.37 bits per heavy atom. The van der Waals surface area contributed by atoms with E-state index in [1.165, 1.54) is 13.2 Å². The molecule has 1 saturated heterocycles. The van der Waals surface area contributed by atoms with Crippen molar-refractivity contribution in [3.63, 3.8) is 0 Å². The summed E-state index contributed by atoms with van der Waals surface area (Å²) in [7, 11) is -0.248. The lowest BCUT2D eigenvalue weighted by atomic mass is 9.99. The molecule has 3 heterocycles. The van der Waals surface area contributed by atoms with Crippen molar-refractivity contribution in [2.45, 2.75) is 82.2 Å². The topological polar surface area (TPSA) is 121 Å². The van der Waals surface area contributed by atoms with Crippen LogP contribution in [-0.2, 0) is 19.4 Å². The number of methoxy groups -OCH3 is 1. The van der Waals surface area contributed by atoms with Crippen molar-refractivity contribution in [1.82, 2.24) is 9.88 Å². The molecule has 41 heavy (non-hydrogen) atoms. The highest BCUT2D eigenvalue weighted by molar-refractivity contribution is 7.92. The predicted octanol–water partition coefficient (Wildman–Crippen LogP) is 4.59. The molecule has 1 N–H and O–H groups in total. The van der Waals surface area contributed by atoms with Gasteiger partial charge in [-0.1, -0.05) is 0 Å². The Bertz CT molecular complexity index is 1410. The van der Waals surface area contributed by atoms with Gasteiger partial charge in [-0.3, -0.25) is 4.79 Å². The third-order valence-electron chi connectivity index (χ3n) is 7.46. The smallest absolute Gasteiger partial charge is 0.410 e. The van der Waals surface area contributed by atoms with Crippen LogP contribution in [0.3, 0.4) is 0 Å². The monoisotopic (exact) mass is 587 g/mol. The number of sulfone groups is 1. The number of benzene rings is 1. The van der Waals surface area contributed by atoms with E-state index in [0.29, 0.717) is 54.7 Å². The summed E-state index contributed by atoms with van der Waals surface area (Å²) in [6, 6.07) is 7.82. The Labute approximate surface area is 242 Å². The maximum absolute atomic E-state index is 13.2. The number of carbonyl (C=O) groups excluding carboxylic acids is 2. The largest absolute Gasteiger partial charge is 0.495 e. The van der Waals surface area contributed by atoms with Gasteiger partial charge in [-0.15, -0.1) is 0 Å². The lowest BCUT2D eigenvalue weighted by molar-refractivity contribution is -0.119. The first-order valence-corrected chi connectivity index (χ1v) is 15.4. The molecule has 0 radical (unpaired) electrons. The van der Waals surface area contributed by atoms with Gasteiger partial charge in [0.15, 0.2) is 15.7 Å². The standard InChI is InChI=1S/C29H41N5O6S/c1-18(2)41(37,38)21-9-11-24(39-8)22(17-21)30-25-12-10-23-26(31-25)34(19(3)27(35)32(23)7)20-13-15-33(16-14-20)28(36)40-29(4,5)6/h9-12,17-20H,13-16H2,1-8H3,(H,30,31)/t19-/m1/s1. The summed E-state index contributed by atoms with van der Waals surface area (Å²) >= 11 is 0. The van der Waals surface area contributed by atoms with Gasteiger partial charge in [0.25, 0.3) is 0 Å². The van der Waals surface area contributed by atoms with E-state index in [9.17, 15) is 18.0 Å². The highest BCUT2D eigenvalue weighted by Gasteiger charge is 2.40. The Balaban J connectivity index is 1.64. The van der Waals surface area contributed by atoms with Crippen molar-refractivity contribution in [2.24, 2.45) is 0 Å². The van der Waals surface area contributed by atoms with Crippen LogP contribution in [0.5, 0.6) is 5.75 Å². The predicted molar refractivity (Wildman–Crippen MR) is 159 cm³/mol. The van der Waals surface area contributed by atoms with Crippen LogP contribution >= 0.6 is 0 Å². The van der Waals surface area contributed by atoms with Crippen LogP contribution in [0, 0.1) is 0 Å². The van der Waals surface area contributed by atoms with Crippen molar-refractivity contribution in [1.29, 1.82) is 0 Å². The number of nitrogens with zero attached hydrogens (tertiary/aromatic N) is 4. The van der Waals surface area contributed by atoms with Crippen LogP contribution in [0.4, 0.5) is 27.8 Å². The number of amides is 2. The molecule has 224 valence electrons. The summed E-state index contributed by atoms with van der Waals surface area (Å²) in [6.07, 6.45) is 0.976. The number of pyridine rings is 1. The number of likely N-dealkylation sites (N-methyl/N-ethyl adjacent to an activating group) is 1. The molecule has 1 fully saturated rings. The fourth-order valence-electron chi connectivity index (χ4n) is 5.18. The van der Waals surface area contributed by atoms with Gasteiger partial charge in [-0.05, 0) is 84.7 Å². The molecule has 0 spiro atoms. The van der Waals surface area contributed by atoms with Crippen molar-refractivity contribution < 1.29 is 27.5 Å². The number of hydrogen-bond acceptors (Lipinski definition) is 9. The Hall–Kier alpha value is -3.54. The zero-order valence-corrected chi connectivity index (χ0v) is 25.9. The molecule has 1 atom stereocenters. The molecule has 0 bridgehead atoms. The summed E-state index contributed by atoms with van der Waals surface area (Å²) < 4.78 is 36.7. The quantitative estimate of drug-likeness (QED) is 0.517. The Morgan fingerprint density at radius 2 is 1.78 bits per heavy atom. The van der Waals surface area contributed by atoms with Gasteiger partial charge in [0, 0.05) is 26.2 Å². The lowest BCUT2D eigenvalue weighted by Gasteiger charge is -2.46. The molecule has 2 aromatic rings. The molecule has 1 aromatic carbocycles. The van der Waals surface area contributed by atoms with Crippen molar-refractivity contribution >= 4 is 44.8 Å². The minimum atomic E-state index is -3.50. The van der Waals surface area contributed by atoms with Gasteiger partial charge >= 0.3 is 6.09 Å². The number of ether oxygens (including phenoxy) is 2. The van der Waals surface area contributed by atoms with Gasteiger partial charge in [-0.25, -0.2) is 18.2 Å². The molecule has 11 nitrogen and oxygen atoms in total. The summed E-state index contributed by atoms with van der Waals surface area (Å²) in [5.41, 5.74) is 0.572. The number of nitrogens with one attached hydrogen (secondary N) is 1. The van der Waals surface area contributed by atoms with Gasteiger partial charge < -0.3 is 29.5 Å². The van der Waals surface area contributed by atoms with Crippen molar-refractivity contribution in [3.8, 4) is 5.75 Å². The van der Waals surface area contributed by atoms with Gasteiger partial charge in [0.1, 0.15) is 23.2 Å². The first-order chi connectivity index (χ1) is 19.1. The molecule has 0 unspecified atom stereocenters. The molecular weight excluding hydrogens is 546 g/mol. The van der Waals surface area contributed by atoms with Crippen LogP contribution in [0.25, 0.3) is 0 Å². The number of likely N-dealkylation sites (tertiary alicyclic amines) is 1. The van der Waals surface area contributed by atoms with Crippen LogP contribution in [0.15, 0.2) is 35.2 Å². The highest BCUT2D eigenvalue weighted by atomic mass is 32.2. The maximum atomic E-state index is 13.2. The van der Waals surface area contributed by atoms with E-state index in [-0.39, 0.29) is 22.9 Å². The van der Waals surface area contributed by atoms with Gasteiger partial charge in [0.05, 0.1) is 28.6 Å². The van der Waals surface area contributed by atoms with Crippen molar-refractivity contribution in [2.75, 3.05) is 42.4 Å². The van der Waals surface area contributed by atoms with E-state index < -0.39 is 26.7 Å². The first kappa shape index (κ1) is 30.4. The third kappa shape index (κ3) is 6.22. The molecule has 4 rings (SSSR count). The Kier molecular flexibility index (Phi) is 8.45. The minimum absolute atomic E-state index is 0.0168. The maximum Gasteiger partial charge on any atom is 0.410 e. The van der Waals surface area contributed by atoms with Crippen LogP contribution in [0.1, 0.15) is 54.4 Å². The molecule has 1 aromatic heterocycles. The molecule has 2 aliphatic heterocycles. The molecule has 2 amide bonds. The van der Waals surface area contributed by atoms with E-state index in [1.54, 1.807) is 48.9 Å². The summed E-state index contributed by atoms with van der Waals surface area (Å²) in [5.74, 6) is 1.56. The average Bonchev–Trinajstić information content (AvgIpc) is 2.91. The first-order valence-electron chi connectivity index (χ1n) is 13.9. The second-order valence-corrected chi connectivity index (χ2v) is 14.3. The normalized spacial score (nSPS) is 18.4. The number of rotatable bonds is 6. The van der Waals surface area contributed by atoms with Crippen molar-refractivity contribution in [3.05, 3.63) is 30.3 Å². The van der Waals surface area contributed by atoms with Crippen LogP contribution in [-0.4, -0.2) is 80.5 Å². The minimum Gasteiger partial charge on any atom is -0.495 e. The molecule has 0 saturated carbocycles. The zero-order chi connectivity index (χ0) is 30.3. The number of anilines is 4. The molecule has 0 aliphatic carbocycles. The van der Waals surface area contributed by atoms with E-state index in [1.807, 2.05) is 38.7 Å². The number of fused-ring (bicyclic) bond motifs is 1. The Morgan fingerprint density at radius 1 is 1.12 bits per heavy atom. The second-order valence-electron chi connectivity index (χ2n) is 11.8. The van der Waals surface area contributed by atoms with E-state index in [0.717, 1.165) is 0 Å². The highest BCUT2D eigenvalue weighted by Crippen LogP contribution is 2.39. The fourth-order valence-corrected chi connectivity index (χ4v) is 6.26. The van der Waals surface area contributed by atoms with E-state index in [2.05, 4.69) is 5.32 Å². The van der Waals surface area contributed by atoms with Crippen LogP contribution in [0.2, 0.25) is 0 Å². The molecule has 2 aliphatic rings. The molecule has 12 heteroatoms. The van der Waals surface area contributed by atoms with E-state index in [4.69, 9.17) is 14.5 Å². The summed E-state index contributed by atoms with van der Waals surface area (Å²) in [5, 5.41) is 2.66. The zero-order valence-electron chi connectivity index (χ0n) is 25.1. The number of piperidine rings is 1. The third-order valence-corrected chi connectivity index (χ3v) is 9.61. The second kappa shape index (κ2) is 11.4. The van der Waals surface area contributed by atoms with E-state index >= 15 is 0 Å². The van der Waals surface area contributed by atoms with Gasteiger partial charge in [-0.2, -0.15) is 0 Å². The van der Waals surface area contributed by atoms with Crippen LogP contribution < -0.4 is 19.9 Å². The molecular formula is C29H41N5O6S. The SMILES string of the molecule is COc1ccc(S(=O)(=O)C(C)C)cc1Nc1ccc2c(n1)N(C1CCN(C(=O)OC(C)(C)C)CC1)[C@H](C)C(=O)N2C. The number of hydrogen-bond donors (Lipinski definition) is 1. The summed E-state index contributed by atoms with van der Waals surface area (Å²) in [4.78, 5) is 36.3. The fraction of sp³-hybridized carbons (Fsp3) is 0.552.